The Labute approximate surface area is 182 Å². The summed E-state index contributed by atoms with van der Waals surface area (Å²) in [7, 11) is 3.21. The lowest BCUT2D eigenvalue weighted by atomic mass is 10.0. The van der Waals surface area contributed by atoms with Gasteiger partial charge in [-0.1, -0.05) is 31.3 Å². The van der Waals surface area contributed by atoms with Crippen LogP contribution in [0.2, 0.25) is 0 Å². The predicted octanol–water partition coefficient (Wildman–Crippen LogP) is 5.86. The van der Waals surface area contributed by atoms with Crippen molar-refractivity contribution < 1.29 is 9.68 Å². The first-order valence-corrected chi connectivity index (χ1v) is 11.0. The standard InChI is InChI=1S/C19H24BrN4O2S2/c1-7-24(25-5,26-6)18-16-17(21-12(4)22-18)23(19(27)28-16)15-9-8-13(11(2)3)10-14(15)20/h8-11H,7H2,1-6H3/q+1. The number of hydroxylamine groups is 2. The molecule has 0 atom stereocenters. The fourth-order valence-electron chi connectivity index (χ4n) is 3.16. The highest BCUT2D eigenvalue weighted by Gasteiger charge is 2.37. The monoisotopic (exact) mass is 483 g/mol. The molecule has 0 bridgehead atoms. The van der Waals surface area contributed by atoms with Crippen LogP contribution in [0.5, 0.6) is 0 Å². The molecule has 6 nitrogen and oxygen atoms in total. The molecule has 0 aliphatic heterocycles. The predicted molar refractivity (Wildman–Crippen MR) is 120 cm³/mol. The first-order chi connectivity index (χ1) is 13.3. The molecule has 0 aliphatic carbocycles. The molecule has 0 aliphatic rings. The van der Waals surface area contributed by atoms with Crippen molar-refractivity contribution >= 4 is 55.6 Å². The van der Waals surface area contributed by atoms with Crippen LogP contribution in [-0.2, 0) is 9.68 Å². The third kappa shape index (κ3) is 3.55. The summed E-state index contributed by atoms with van der Waals surface area (Å²) in [5, 5.41) is 0. The Hall–Kier alpha value is -1.23. The van der Waals surface area contributed by atoms with Crippen LogP contribution >= 0.6 is 39.5 Å². The minimum absolute atomic E-state index is 0.164. The van der Waals surface area contributed by atoms with E-state index in [9.17, 15) is 0 Å². The topological polar surface area (TPSA) is 49.2 Å². The Kier molecular flexibility index (Phi) is 6.33. The van der Waals surface area contributed by atoms with E-state index in [0.717, 1.165) is 20.5 Å². The lowest BCUT2D eigenvalue weighted by Crippen LogP contribution is -2.47. The third-order valence-corrected chi connectivity index (χ3v) is 6.73. The number of hydrogen-bond donors (Lipinski definition) is 0. The van der Waals surface area contributed by atoms with E-state index in [1.54, 1.807) is 14.2 Å². The summed E-state index contributed by atoms with van der Waals surface area (Å²) in [5.41, 5.74) is 2.96. The molecule has 0 amide bonds. The minimum atomic E-state index is -0.164. The number of fused-ring (bicyclic) bond motifs is 1. The van der Waals surface area contributed by atoms with Crippen LogP contribution in [0.1, 0.15) is 38.1 Å². The van der Waals surface area contributed by atoms with Gasteiger partial charge in [-0.25, -0.2) is 4.98 Å². The van der Waals surface area contributed by atoms with Crippen LogP contribution in [-0.4, -0.2) is 35.3 Å². The smallest absolute Gasteiger partial charge is 0.274 e. The quantitative estimate of drug-likeness (QED) is 0.249. The second kappa shape index (κ2) is 8.25. The highest BCUT2D eigenvalue weighted by Crippen LogP contribution is 2.37. The van der Waals surface area contributed by atoms with E-state index in [1.165, 1.54) is 16.9 Å². The highest BCUT2D eigenvalue weighted by atomic mass is 79.9. The highest BCUT2D eigenvalue weighted by molar-refractivity contribution is 9.10. The molecule has 3 aromatic rings. The number of quaternary nitrogens is 1. The molecule has 1 aromatic carbocycles. The molecule has 0 fully saturated rings. The van der Waals surface area contributed by atoms with Gasteiger partial charge in [-0.15, -0.1) is 0 Å². The normalized spacial score (nSPS) is 12.3. The molecule has 2 aromatic heterocycles. The summed E-state index contributed by atoms with van der Waals surface area (Å²) in [4.78, 5) is 20.6. The van der Waals surface area contributed by atoms with Gasteiger partial charge < -0.3 is 0 Å². The summed E-state index contributed by atoms with van der Waals surface area (Å²) in [6, 6.07) is 6.34. The number of hydrogen-bond acceptors (Lipinski definition) is 6. The maximum absolute atomic E-state index is 5.72. The molecule has 0 N–H and O–H groups in total. The van der Waals surface area contributed by atoms with Gasteiger partial charge in [0, 0.05) is 9.28 Å². The second-order valence-corrected chi connectivity index (χ2v) is 9.17. The molecule has 9 heteroatoms. The lowest BCUT2D eigenvalue weighted by molar-refractivity contribution is -0.325. The van der Waals surface area contributed by atoms with Gasteiger partial charge in [0.2, 0.25) is 0 Å². The van der Waals surface area contributed by atoms with Gasteiger partial charge in [0.05, 0.1) is 5.69 Å². The third-order valence-electron chi connectivity index (χ3n) is 4.73. The van der Waals surface area contributed by atoms with E-state index in [-0.39, 0.29) is 4.81 Å². The Morgan fingerprint density at radius 1 is 1.25 bits per heavy atom. The van der Waals surface area contributed by atoms with Gasteiger partial charge in [0.25, 0.3) is 0 Å². The van der Waals surface area contributed by atoms with Gasteiger partial charge in [-0.3, -0.25) is 4.57 Å². The minimum Gasteiger partial charge on any atom is -0.274 e. The van der Waals surface area contributed by atoms with Crippen molar-refractivity contribution in [2.45, 2.75) is 33.6 Å². The van der Waals surface area contributed by atoms with Crippen LogP contribution in [0.25, 0.3) is 16.0 Å². The van der Waals surface area contributed by atoms with E-state index in [2.05, 4.69) is 53.0 Å². The molecule has 0 radical (unpaired) electrons. The van der Waals surface area contributed by atoms with E-state index in [4.69, 9.17) is 26.9 Å². The number of aryl methyl sites for hydroxylation is 1. The maximum atomic E-state index is 5.72. The molecule has 2 heterocycles. The number of halogens is 1. The molecule has 0 spiro atoms. The van der Waals surface area contributed by atoms with Crippen molar-refractivity contribution in [3.05, 3.63) is 38.0 Å². The van der Waals surface area contributed by atoms with Crippen molar-refractivity contribution in [1.29, 1.82) is 0 Å². The van der Waals surface area contributed by atoms with Gasteiger partial charge >= 0.3 is 5.82 Å². The molecule has 0 saturated carbocycles. The van der Waals surface area contributed by atoms with Gasteiger partial charge in [-0.2, -0.15) is 14.7 Å². The zero-order chi connectivity index (χ0) is 20.6. The summed E-state index contributed by atoms with van der Waals surface area (Å²) >= 11 is 10.9. The molecule has 0 unspecified atom stereocenters. The van der Waals surface area contributed by atoms with Crippen molar-refractivity contribution in [1.82, 2.24) is 19.3 Å². The molecule has 3 rings (SSSR count). The summed E-state index contributed by atoms with van der Waals surface area (Å²) < 4.78 is 4.50. The van der Waals surface area contributed by atoms with Gasteiger partial charge in [-0.05, 0) is 65.6 Å². The number of rotatable bonds is 6. The van der Waals surface area contributed by atoms with Crippen LogP contribution in [0, 0.1) is 10.9 Å². The van der Waals surface area contributed by atoms with Crippen molar-refractivity contribution in [3.8, 4) is 5.69 Å². The average Bonchev–Trinajstić information content (AvgIpc) is 2.99. The number of benzene rings is 1. The summed E-state index contributed by atoms with van der Waals surface area (Å²) in [6.45, 7) is 8.74. The van der Waals surface area contributed by atoms with Crippen LogP contribution in [0.4, 0.5) is 5.82 Å². The molecule has 28 heavy (non-hydrogen) atoms. The Morgan fingerprint density at radius 3 is 2.46 bits per heavy atom. The largest absolute Gasteiger partial charge is 0.317 e. The zero-order valence-corrected chi connectivity index (χ0v) is 20.0. The Morgan fingerprint density at radius 2 is 1.93 bits per heavy atom. The first-order valence-electron chi connectivity index (χ1n) is 8.98. The molecule has 150 valence electrons. The zero-order valence-electron chi connectivity index (χ0n) is 16.8. The number of aromatic nitrogens is 3. The van der Waals surface area contributed by atoms with E-state index in [0.29, 0.717) is 28.1 Å². The van der Waals surface area contributed by atoms with Crippen molar-refractivity contribution in [2.24, 2.45) is 0 Å². The first kappa shape index (κ1) is 21.5. The van der Waals surface area contributed by atoms with Crippen LogP contribution in [0.3, 0.4) is 0 Å². The van der Waals surface area contributed by atoms with Crippen LogP contribution < -0.4 is 4.81 Å². The van der Waals surface area contributed by atoms with Crippen molar-refractivity contribution in [2.75, 3.05) is 20.8 Å². The second-order valence-electron chi connectivity index (χ2n) is 6.67. The number of thiazole rings is 1. The number of nitrogens with zero attached hydrogens (tertiary/aromatic N) is 4. The molecular formula is C19H24BrN4O2S2+. The lowest BCUT2D eigenvalue weighted by Gasteiger charge is -2.26. The van der Waals surface area contributed by atoms with E-state index < -0.39 is 0 Å². The van der Waals surface area contributed by atoms with Crippen molar-refractivity contribution in [3.63, 3.8) is 0 Å². The fourth-order valence-corrected chi connectivity index (χ4v) is 5.12. The molecular weight excluding hydrogens is 460 g/mol. The Bertz CT molecular complexity index is 1070. The van der Waals surface area contributed by atoms with Gasteiger partial charge in [0.1, 0.15) is 26.6 Å². The van der Waals surface area contributed by atoms with E-state index >= 15 is 0 Å². The fraction of sp³-hybridized carbons (Fsp3) is 0.421. The average molecular weight is 484 g/mol. The maximum Gasteiger partial charge on any atom is 0.317 e. The van der Waals surface area contributed by atoms with Crippen LogP contribution in [0.15, 0.2) is 22.7 Å². The molecule has 0 saturated heterocycles. The SMILES string of the molecule is CC[N+](OC)(OC)c1nc(C)nc2c1sc(=S)n2-c1ccc(C(C)C)cc1Br. The van der Waals surface area contributed by atoms with E-state index in [1.807, 2.05) is 18.4 Å². The summed E-state index contributed by atoms with van der Waals surface area (Å²) in [6.07, 6.45) is 0. The Balaban J connectivity index is 2.33. The van der Waals surface area contributed by atoms with Gasteiger partial charge in [0.15, 0.2) is 14.3 Å². The summed E-state index contributed by atoms with van der Waals surface area (Å²) in [5.74, 6) is 1.73.